The number of rotatable bonds is 4. The third-order valence-corrected chi connectivity index (χ3v) is 4.00. The first-order chi connectivity index (χ1) is 11.6. The Morgan fingerprint density at radius 2 is 1.79 bits per heavy atom. The summed E-state index contributed by atoms with van der Waals surface area (Å²) in [7, 11) is 3.21. The minimum absolute atomic E-state index is 0.565. The Kier molecular flexibility index (Phi) is 4.71. The highest BCUT2D eigenvalue weighted by molar-refractivity contribution is 5.82. The molecule has 0 spiro atoms. The normalized spacial score (nSPS) is 14.5. The van der Waals surface area contributed by atoms with Crippen molar-refractivity contribution in [1.29, 1.82) is 0 Å². The van der Waals surface area contributed by atoms with Crippen molar-refractivity contribution in [2.75, 3.05) is 51.2 Å². The van der Waals surface area contributed by atoms with Gasteiger partial charge in [0, 0.05) is 18.7 Å². The van der Waals surface area contributed by atoms with Crippen molar-refractivity contribution in [2.45, 2.75) is 6.92 Å². The summed E-state index contributed by atoms with van der Waals surface area (Å²) in [4.78, 5) is 11.2. The third kappa shape index (κ3) is 3.07. The van der Waals surface area contributed by atoms with Crippen LogP contribution in [0.5, 0.6) is 11.5 Å². The van der Waals surface area contributed by atoms with Crippen molar-refractivity contribution in [1.82, 2.24) is 9.97 Å². The number of benzene rings is 1. The smallest absolute Gasteiger partial charge is 0.161 e. The Morgan fingerprint density at radius 1 is 1.08 bits per heavy atom. The number of nitrogens with zero attached hydrogens (tertiary/aromatic N) is 3. The maximum Gasteiger partial charge on any atom is 0.161 e. The number of methoxy groups -OCH3 is 2. The number of nitrogens with two attached hydrogens (primary N) is 1. The third-order valence-electron chi connectivity index (χ3n) is 4.00. The molecule has 128 valence electrons. The largest absolute Gasteiger partial charge is 0.493 e. The Balaban J connectivity index is 2.06. The van der Waals surface area contributed by atoms with Gasteiger partial charge in [0.2, 0.25) is 0 Å². The van der Waals surface area contributed by atoms with E-state index < -0.39 is 0 Å². The number of nitrogen functional groups attached to an aromatic ring is 1. The van der Waals surface area contributed by atoms with Crippen LogP contribution in [0.1, 0.15) is 5.82 Å². The Morgan fingerprint density at radius 3 is 2.46 bits per heavy atom. The Labute approximate surface area is 141 Å². The molecule has 0 saturated carbocycles. The van der Waals surface area contributed by atoms with Gasteiger partial charge in [-0.15, -0.1) is 0 Å². The average molecular weight is 330 g/mol. The first-order valence-electron chi connectivity index (χ1n) is 7.83. The second-order valence-electron chi connectivity index (χ2n) is 5.53. The number of hydrogen-bond donors (Lipinski definition) is 1. The second kappa shape index (κ2) is 6.92. The number of aryl methyl sites for hydroxylation is 1. The molecule has 24 heavy (non-hydrogen) atoms. The quantitative estimate of drug-likeness (QED) is 0.916. The first kappa shape index (κ1) is 16.3. The lowest BCUT2D eigenvalue weighted by Crippen LogP contribution is -2.37. The molecule has 1 fully saturated rings. The summed E-state index contributed by atoms with van der Waals surface area (Å²) in [5.41, 5.74) is 8.53. The summed E-state index contributed by atoms with van der Waals surface area (Å²) in [5, 5.41) is 0. The predicted octanol–water partition coefficient (Wildman–Crippen LogP) is 1.89. The molecule has 0 radical (unpaired) electrons. The molecule has 0 bridgehead atoms. The average Bonchev–Trinajstić information content (AvgIpc) is 2.63. The molecule has 7 heteroatoms. The highest BCUT2D eigenvalue weighted by Crippen LogP contribution is 2.36. The van der Waals surface area contributed by atoms with Crippen LogP contribution in [0.15, 0.2) is 18.2 Å². The summed E-state index contributed by atoms with van der Waals surface area (Å²) in [6.45, 7) is 4.76. The van der Waals surface area contributed by atoms with E-state index in [1.807, 2.05) is 25.1 Å². The fourth-order valence-corrected chi connectivity index (χ4v) is 2.79. The molecule has 1 aromatic carbocycles. The zero-order valence-electron chi connectivity index (χ0n) is 14.2. The molecule has 2 heterocycles. The van der Waals surface area contributed by atoms with Crippen LogP contribution < -0.4 is 20.1 Å². The van der Waals surface area contributed by atoms with E-state index in [9.17, 15) is 0 Å². The van der Waals surface area contributed by atoms with Crippen LogP contribution >= 0.6 is 0 Å². The van der Waals surface area contributed by atoms with Crippen LogP contribution in [0.2, 0.25) is 0 Å². The van der Waals surface area contributed by atoms with Crippen LogP contribution in [0.3, 0.4) is 0 Å². The molecule has 1 aliphatic heterocycles. The van der Waals surface area contributed by atoms with E-state index in [0.29, 0.717) is 41.9 Å². The highest BCUT2D eigenvalue weighted by Gasteiger charge is 2.20. The van der Waals surface area contributed by atoms with E-state index in [-0.39, 0.29) is 0 Å². The van der Waals surface area contributed by atoms with Crippen LogP contribution in [-0.2, 0) is 4.74 Å². The summed E-state index contributed by atoms with van der Waals surface area (Å²) in [6.07, 6.45) is 0. The summed E-state index contributed by atoms with van der Waals surface area (Å²) in [6, 6.07) is 5.64. The molecule has 7 nitrogen and oxygen atoms in total. The summed E-state index contributed by atoms with van der Waals surface area (Å²) in [5.74, 6) is 2.74. The lowest BCUT2D eigenvalue weighted by Gasteiger charge is -2.29. The SMILES string of the molecule is COc1ccc(-c2nc(C)nc(N3CCOCC3)c2N)cc1OC. The number of anilines is 2. The minimum Gasteiger partial charge on any atom is -0.493 e. The van der Waals surface area contributed by atoms with Crippen LogP contribution in [0, 0.1) is 6.92 Å². The van der Waals surface area contributed by atoms with Gasteiger partial charge in [-0.2, -0.15) is 0 Å². The first-order valence-corrected chi connectivity index (χ1v) is 7.83. The lowest BCUT2D eigenvalue weighted by atomic mass is 10.1. The molecule has 1 aromatic heterocycles. The van der Waals surface area contributed by atoms with Gasteiger partial charge in [0.25, 0.3) is 0 Å². The van der Waals surface area contributed by atoms with E-state index >= 15 is 0 Å². The molecule has 0 amide bonds. The molecule has 1 saturated heterocycles. The zero-order valence-corrected chi connectivity index (χ0v) is 14.2. The van der Waals surface area contributed by atoms with E-state index in [1.54, 1.807) is 14.2 Å². The fourth-order valence-electron chi connectivity index (χ4n) is 2.79. The molecule has 1 aliphatic rings. The summed E-state index contributed by atoms with van der Waals surface area (Å²) < 4.78 is 16.1. The van der Waals surface area contributed by atoms with Crippen molar-refractivity contribution in [3.63, 3.8) is 0 Å². The van der Waals surface area contributed by atoms with E-state index in [0.717, 1.165) is 24.5 Å². The van der Waals surface area contributed by atoms with Gasteiger partial charge < -0.3 is 24.8 Å². The number of morpholine rings is 1. The highest BCUT2D eigenvalue weighted by atomic mass is 16.5. The van der Waals surface area contributed by atoms with Gasteiger partial charge in [0.1, 0.15) is 11.5 Å². The molecular formula is C17H22N4O3. The van der Waals surface area contributed by atoms with Crippen molar-refractivity contribution < 1.29 is 14.2 Å². The van der Waals surface area contributed by atoms with Gasteiger partial charge in [-0.1, -0.05) is 0 Å². The monoisotopic (exact) mass is 330 g/mol. The predicted molar refractivity (Wildman–Crippen MR) is 92.8 cm³/mol. The standard InChI is InChI=1S/C17H22N4O3/c1-11-19-16(12-4-5-13(22-2)14(10-12)23-3)15(18)17(20-11)21-6-8-24-9-7-21/h4-5,10H,6-9,18H2,1-3H3. The van der Waals surface area contributed by atoms with Gasteiger partial charge in [-0.05, 0) is 25.1 Å². The molecule has 0 atom stereocenters. The van der Waals surface area contributed by atoms with Crippen molar-refractivity contribution >= 4 is 11.5 Å². The molecule has 2 N–H and O–H groups in total. The second-order valence-corrected chi connectivity index (χ2v) is 5.53. The van der Waals surface area contributed by atoms with Gasteiger partial charge in [-0.3, -0.25) is 0 Å². The van der Waals surface area contributed by atoms with Crippen molar-refractivity contribution in [3.8, 4) is 22.8 Å². The fraction of sp³-hybridized carbons (Fsp3) is 0.412. The van der Waals surface area contributed by atoms with Gasteiger partial charge in [0.15, 0.2) is 17.3 Å². The zero-order chi connectivity index (χ0) is 17.1. The molecule has 3 rings (SSSR count). The molecule has 0 aliphatic carbocycles. The number of hydrogen-bond acceptors (Lipinski definition) is 7. The maximum atomic E-state index is 6.40. The van der Waals surface area contributed by atoms with Crippen LogP contribution in [0.4, 0.5) is 11.5 Å². The van der Waals surface area contributed by atoms with Crippen molar-refractivity contribution in [3.05, 3.63) is 24.0 Å². The Hall–Kier alpha value is -2.54. The van der Waals surface area contributed by atoms with Crippen molar-refractivity contribution in [2.24, 2.45) is 0 Å². The van der Waals surface area contributed by atoms with E-state index in [1.165, 1.54) is 0 Å². The summed E-state index contributed by atoms with van der Waals surface area (Å²) >= 11 is 0. The van der Waals surface area contributed by atoms with Crippen LogP contribution in [0.25, 0.3) is 11.3 Å². The van der Waals surface area contributed by atoms with E-state index in [4.69, 9.17) is 19.9 Å². The van der Waals surface area contributed by atoms with Gasteiger partial charge in [0.05, 0.1) is 33.1 Å². The topological polar surface area (TPSA) is 82.7 Å². The molecule has 0 unspecified atom stereocenters. The van der Waals surface area contributed by atoms with Gasteiger partial charge in [-0.25, -0.2) is 9.97 Å². The van der Waals surface area contributed by atoms with Crippen LogP contribution in [-0.4, -0.2) is 50.5 Å². The Bertz CT molecular complexity index is 730. The number of aromatic nitrogens is 2. The van der Waals surface area contributed by atoms with E-state index in [2.05, 4.69) is 14.9 Å². The van der Waals surface area contributed by atoms with Gasteiger partial charge >= 0.3 is 0 Å². The maximum absolute atomic E-state index is 6.40. The molecule has 2 aromatic rings. The molecular weight excluding hydrogens is 308 g/mol. The number of ether oxygens (including phenoxy) is 3. The lowest BCUT2D eigenvalue weighted by molar-refractivity contribution is 0.122. The minimum atomic E-state index is 0.565.